The number of carbonyl (C=O) groups excluding carboxylic acids is 1. The van der Waals surface area contributed by atoms with Crippen molar-refractivity contribution in [3.8, 4) is 6.07 Å². The molecule has 0 unspecified atom stereocenters. The summed E-state index contributed by atoms with van der Waals surface area (Å²) < 4.78 is 2.99. The number of rotatable bonds is 8. The molecular weight excluding hydrogens is 462 g/mol. The van der Waals surface area contributed by atoms with Crippen LogP contribution in [0.5, 0.6) is 0 Å². The number of nitriles is 1. The fourth-order valence-electron chi connectivity index (χ4n) is 3.00. The van der Waals surface area contributed by atoms with Crippen LogP contribution in [0.2, 0.25) is 0 Å². The van der Waals surface area contributed by atoms with Gasteiger partial charge in [-0.15, -0.1) is 11.3 Å². The number of anilines is 2. The Hall–Kier alpha value is -3.51. The first-order valence-electron chi connectivity index (χ1n) is 10.6. The molecule has 2 heterocycles. The molecule has 8 heteroatoms. The van der Waals surface area contributed by atoms with Crippen LogP contribution >= 0.6 is 23.3 Å². The minimum absolute atomic E-state index is 0.474. The van der Waals surface area contributed by atoms with E-state index in [1.54, 1.807) is 24.1 Å². The number of nitrogens with one attached hydrogen (secondary N) is 1. The van der Waals surface area contributed by atoms with Crippen molar-refractivity contribution >= 4 is 40.4 Å². The van der Waals surface area contributed by atoms with E-state index >= 15 is 0 Å². The van der Waals surface area contributed by atoms with Crippen LogP contribution in [0.1, 0.15) is 32.2 Å². The third-order valence-electron chi connectivity index (χ3n) is 4.75. The van der Waals surface area contributed by atoms with Crippen LogP contribution in [0.3, 0.4) is 0 Å². The average molecular weight is 488 g/mol. The number of nitrogens with zero attached hydrogens (tertiary/aromatic N) is 4. The summed E-state index contributed by atoms with van der Waals surface area (Å²) in [4.78, 5) is 22.7. The smallest absolute Gasteiger partial charge is 0.191 e. The van der Waals surface area contributed by atoms with Gasteiger partial charge in [0, 0.05) is 16.8 Å². The maximum atomic E-state index is 11.1. The fraction of sp³-hybridized carbons (Fsp3) is 0.154. The lowest BCUT2D eigenvalue weighted by Gasteiger charge is -2.22. The monoisotopic (exact) mass is 487 g/mol. The lowest BCUT2D eigenvalue weighted by atomic mass is 10.2. The van der Waals surface area contributed by atoms with Crippen LogP contribution < -0.4 is 9.62 Å². The molecule has 0 saturated carbocycles. The van der Waals surface area contributed by atoms with E-state index in [2.05, 4.69) is 37.8 Å². The Labute approximate surface area is 208 Å². The first kappa shape index (κ1) is 25.1. The largest absolute Gasteiger partial charge is 0.313 e. The molecule has 0 saturated heterocycles. The van der Waals surface area contributed by atoms with Crippen molar-refractivity contribution in [1.29, 1.82) is 5.26 Å². The number of aromatic nitrogens is 2. The van der Waals surface area contributed by atoms with Crippen LogP contribution in [0, 0.1) is 18.3 Å². The highest BCUT2D eigenvalue weighted by Gasteiger charge is 2.16. The van der Waals surface area contributed by atoms with Crippen molar-refractivity contribution in [2.75, 3.05) is 11.9 Å². The van der Waals surface area contributed by atoms with Gasteiger partial charge in [-0.05, 0) is 55.9 Å². The van der Waals surface area contributed by atoms with E-state index in [1.165, 1.54) is 11.3 Å². The van der Waals surface area contributed by atoms with E-state index < -0.39 is 0 Å². The van der Waals surface area contributed by atoms with Crippen LogP contribution in [0.15, 0.2) is 79.0 Å². The Morgan fingerprint density at radius 1 is 1.09 bits per heavy atom. The van der Waals surface area contributed by atoms with Crippen molar-refractivity contribution in [1.82, 2.24) is 14.7 Å². The van der Waals surface area contributed by atoms with E-state index in [4.69, 9.17) is 5.26 Å². The molecule has 0 aliphatic carbocycles. The summed E-state index contributed by atoms with van der Waals surface area (Å²) >= 11 is 3.14. The number of aryl methyl sites for hydroxylation is 1. The first-order valence-corrected chi connectivity index (χ1v) is 12.4. The van der Waals surface area contributed by atoms with Crippen LogP contribution in [0.25, 0.3) is 0 Å². The molecular formula is C26H25N5OS2. The summed E-state index contributed by atoms with van der Waals surface area (Å²) in [5.74, 6) is 0.928. The number of hydrogen-bond acceptors (Lipinski definition) is 8. The van der Waals surface area contributed by atoms with E-state index in [-0.39, 0.29) is 0 Å². The summed E-state index contributed by atoms with van der Waals surface area (Å²) in [6.45, 7) is 2.53. The molecule has 0 amide bonds. The molecule has 2 aromatic carbocycles. The van der Waals surface area contributed by atoms with Gasteiger partial charge in [-0.2, -0.15) is 5.26 Å². The second-order valence-corrected chi connectivity index (χ2v) is 9.27. The Morgan fingerprint density at radius 2 is 1.82 bits per heavy atom. The molecule has 0 aliphatic heterocycles. The van der Waals surface area contributed by atoms with Gasteiger partial charge in [-0.25, -0.2) is 4.98 Å². The SMILES string of the molecule is CNSCc1ccccn1.Cc1sc(N(Cc2ccccc2)c2ccc(C#N)cc2)nc1C=O. The number of pyridine rings is 1. The molecule has 0 radical (unpaired) electrons. The molecule has 4 rings (SSSR count). The zero-order valence-electron chi connectivity index (χ0n) is 19.0. The minimum atomic E-state index is 0.474. The second kappa shape index (κ2) is 13.3. The Kier molecular flexibility index (Phi) is 9.80. The minimum Gasteiger partial charge on any atom is -0.313 e. The van der Waals surface area contributed by atoms with Gasteiger partial charge in [-0.3, -0.25) is 14.5 Å². The van der Waals surface area contributed by atoms with E-state index in [0.717, 1.165) is 39.0 Å². The van der Waals surface area contributed by atoms with Gasteiger partial charge in [0.2, 0.25) is 0 Å². The maximum Gasteiger partial charge on any atom is 0.191 e. The molecule has 0 fully saturated rings. The predicted molar refractivity (Wildman–Crippen MR) is 140 cm³/mol. The molecule has 6 nitrogen and oxygen atoms in total. The Morgan fingerprint density at radius 3 is 2.41 bits per heavy atom. The normalized spacial score (nSPS) is 10.0. The highest BCUT2D eigenvalue weighted by Crippen LogP contribution is 2.32. The lowest BCUT2D eigenvalue weighted by Crippen LogP contribution is -2.16. The van der Waals surface area contributed by atoms with Crippen molar-refractivity contribution in [3.63, 3.8) is 0 Å². The van der Waals surface area contributed by atoms with Crippen molar-refractivity contribution < 1.29 is 4.79 Å². The molecule has 34 heavy (non-hydrogen) atoms. The van der Waals surface area contributed by atoms with Crippen molar-refractivity contribution in [2.45, 2.75) is 19.2 Å². The second-order valence-electron chi connectivity index (χ2n) is 7.10. The summed E-state index contributed by atoms with van der Waals surface area (Å²) in [5, 5.41) is 9.75. The fourth-order valence-corrected chi connectivity index (χ4v) is 4.36. The molecule has 172 valence electrons. The zero-order chi connectivity index (χ0) is 24.2. The standard InChI is InChI=1S/C19H15N3OS.C7H10N2S/c1-14-18(13-23)21-19(24-14)22(12-16-5-3-2-4-6-16)17-9-7-15(11-20)8-10-17;1-8-10-6-7-4-2-3-5-9-7/h2-10,13H,12H2,1H3;2-5,8H,6H2,1H3. The summed E-state index contributed by atoms with van der Waals surface area (Å²) in [6, 6.07) is 25.5. The Balaban J connectivity index is 0.000000271. The number of hydrogen-bond donors (Lipinski definition) is 1. The van der Waals surface area contributed by atoms with Gasteiger partial charge in [0.25, 0.3) is 0 Å². The summed E-state index contributed by atoms with van der Waals surface area (Å²) in [5.41, 5.74) is 4.28. The predicted octanol–water partition coefficient (Wildman–Crippen LogP) is 5.92. The van der Waals surface area contributed by atoms with Gasteiger partial charge in [0.1, 0.15) is 5.69 Å². The van der Waals surface area contributed by atoms with Gasteiger partial charge in [0.05, 0.1) is 29.6 Å². The molecule has 0 aliphatic rings. The van der Waals surface area contributed by atoms with Crippen LogP contribution in [-0.4, -0.2) is 23.3 Å². The maximum absolute atomic E-state index is 11.1. The third-order valence-corrected chi connectivity index (χ3v) is 6.48. The number of aldehydes is 1. The zero-order valence-corrected chi connectivity index (χ0v) is 20.6. The first-order chi connectivity index (χ1) is 16.6. The summed E-state index contributed by atoms with van der Waals surface area (Å²) in [6.07, 6.45) is 2.60. The lowest BCUT2D eigenvalue weighted by molar-refractivity contribution is 0.111. The number of benzene rings is 2. The van der Waals surface area contributed by atoms with E-state index in [0.29, 0.717) is 17.8 Å². The molecule has 0 bridgehead atoms. The van der Waals surface area contributed by atoms with Gasteiger partial charge in [0.15, 0.2) is 11.4 Å². The van der Waals surface area contributed by atoms with Gasteiger partial charge in [-0.1, -0.05) is 48.3 Å². The van der Waals surface area contributed by atoms with E-state index in [9.17, 15) is 4.79 Å². The van der Waals surface area contributed by atoms with Crippen molar-refractivity contribution in [2.24, 2.45) is 0 Å². The average Bonchev–Trinajstić information content (AvgIpc) is 3.28. The highest BCUT2D eigenvalue weighted by atomic mass is 32.2. The molecule has 0 spiro atoms. The molecule has 4 aromatic rings. The van der Waals surface area contributed by atoms with Gasteiger partial charge >= 0.3 is 0 Å². The Bertz CT molecular complexity index is 1210. The van der Waals surface area contributed by atoms with Crippen molar-refractivity contribution in [3.05, 3.63) is 106 Å². The van der Waals surface area contributed by atoms with Gasteiger partial charge < -0.3 is 4.90 Å². The third kappa shape index (κ3) is 7.25. The topological polar surface area (TPSA) is 81.9 Å². The number of thiazole rings is 1. The van der Waals surface area contributed by atoms with Crippen LogP contribution in [-0.2, 0) is 12.3 Å². The van der Waals surface area contributed by atoms with Crippen LogP contribution in [0.4, 0.5) is 10.8 Å². The molecule has 0 atom stereocenters. The number of carbonyl (C=O) groups is 1. The summed E-state index contributed by atoms with van der Waals surface area (Å²) in [7, 11) is 1.91. The quantitative estimate of drug-likeness (QED) is 0.244. The molecule has 1 N–H and O–H groups in total. The molecule has 2 aromatic heterocycles. The van der Waals surface area contributed by atoms with E-state index in [1.807, 2.05) is 68.7 Å². The highest BCUT2D eigenvalue weighted by molar-refractivity contribution is 7.96.